The van der Waals surface area contributed by atoms with Crippen molar-refractivity contribution in [1.82, 2.24) is 4.98 Å². The normalized spacial score (nSPS) is 16.6. The number of rotatable bonds is 4. The molecule has 1 atom stereocenters. The number of amides is 1. The predicted molar refractivity (Wildman–Crippen MR) is 93.2 cm³/mol. The molecule has 0 unspecified atom stereocenters. The summed E-state index contributed by atoms with van der Waals surface area (Å²) in [5, 5.41) is 2.60. The van der Waals surface area contributed by atoms with Gasteiger partial charge in [-0.1, -0.05) is 0 Å². The molecule has 0 fully saturated rings. The Labute approximate surface area is 153 Å². The summed E-state index contributed by atoms with van der Waals surface area (Å²) in [6.07, 6.45) is -1.27. The average Bonchev–Trinajstić information content (AvgIpc) is 2.64. The van der Waals surface area contributed by atoms with Gasteiger partial charge in [-0.05, 0) is 36.8 Å². The number of nitrogens with two attached hydrogens (primary N) is 1. The van der Waals surface area contributed by atoms with Crippen LogP contribution in [-0.4, -0.2) is 23.5 Å². The van der Waals surface area contributed by atoms with Gasteiger partial charge >= 0.3 is 0 Å². The number of alkyl halides is 2. The number of amidine groups is 1. The number of aliphatic imine (C=N–C) groups is 1. The molecule has 1 aromatic carbocycles. The molecule has 142 valence electrons. The van der Waals surface area contributed by atoms with E-state index in [0.29, 0.717) is 24.3 Å². The lowest BCUT2D eigenvalue weighted by Crippen LogP contribution is -2.24. The number of carbonyl (C=O) groups excluding carboxylic acids is 1. The van der Waals surface area contributed by atoms with E-state index in [4.69, 9.17) is 10.5 Å². The van der Waals surface area contributed by atoms with E-state index in [1.807, 2.05) is 0 Å². The number of ether oxygens (including phenoxy) is 1. The van der Waals surface area contributed by atoms with E-state index in [-0.39, 0.29) is 22.8 Å². The van der Waals surface area contributed by atoms with Crippen molar-refractivity contribution in [2.45, 2.75) is 25.8 Å². The highest BCUT2D eigenvalue weighted by atomic mass is 19.3. The Kier molecular flexibility index (Phi) is 5.29. The van der Waals surface area contributed by atoms with E-state index in [9.17, 15) is 18.0 Å². The molecular weight excluding hydrogens is 361 g/mol. The third-order valence-electron chi connectivity index (χ3n) is 4.09. The molecule has 9 heteroatoms. The van der Waals surface area contributed by atoms with Gasteiger partial charge in [-0.2, -0.15) is 0 Å². The summed E-state index contributed by atoms with van der Waals surface area (Å²) >= 11 is 0. The third-order valence-corrected chi connectivity index (χ3v) is 4.09. The lowest BCUT2D eigenvalue weighted by molar-refractivity contribution is 0.102. The van der Waals surface area contributed by atoms with Crippen LogP contribution in [-0.2, 0) is 4.74 Å². The highest BCUT2D eigenvalue weighted by Crippen LogP contribution is 2.31. The van der Waals surface area contributed by atoms with Crippen LogP contribution < -0.4 is 11.1 Å². The minimum absolute atomic E-state index is 0.0129. The molecule has 6 nitrogen and oxygen atoms in total. The molecule has 1 aliphatic heterocycles. The second-order valence-electron chi connectivity index (χ2n) is 6.05. The molecule has 0 radical (unpaired) electrons. The van der Waals surface area contributed by atoms with Crippen LogP contribution in [0.4, 0.5) is 18.9 Å². The lowest BCUT2D eigenvalue weighted by Gasteiger charge is -2.21. The van der Waals surface area contributed by atoms with Gasteiger partial charge in [0.2, 0.25) is 0 Å². The van der Waals surface area contributed by atoms with Gasteiger partial charge < -0.3 is 15.8 Å². The van der Waals surface area contributed by atoms with E-state index < -0.39 is 24.2 Å². The van der Waals surface area contributed by atoms with E-state index in [0.717, 1.165) is 12.3 Å². The van der Waals surface area contributed by atoms with Crippen LogP contribution in [0.1, 0.15) is 46.1 Å². The highest BCUT2D eigenvalue weighted by Gasteiger charge is 2.22. The first-order chi connectivity index (χ1) is 12.8. The van der Waals surface area contributed by atoms with Crippen LogP contribution >= 0.6 is 0 Å². The topological polar surface area (TPSA) is 89.6 Å². The molecule has 3 rings (SSSR count). The van der Waals surface area contributed by atoms with Crippen molar-refractivity contribution < 1.29 is 22.7 Å². The molecule has 0 saturated heterocycles. The molecule has 2 heterocycles. The summed E-state index contributed by atoms with van der Waals surface area (Å²) in [6.45, 7) is 1.88. The van der Waals surface area contributed by atoms with Crippen LogP contribution in [0.15, 0.2) is 35.5 Å². The maximum Gasteiger partial charge on any atom is 0.282 e. The molecular formula is C18H17F3N4O2. The van der Waals surface area contributed by atoms with Crippen molar-refractivity contribution in [3.63, 3.8) is 0 Å². The first-order valence-corrected chi connectivity index (χ1v) is 8.16. The van der Waals surface area contributed by atoms with E-state index in [1.165, 1.54) is 18.2 Å². The van der Waals surface area contributed by atoms with Gasteiger partial charge in [-0.3, -0.25) is 9.78 Å². The lowest BCUT2D eigenvalue weighted by atomic mass is 10.00. The van der Waals surface area contributed by atoms with Gasteiger partial charge in [-0.15, -0.1) is 0 Å². The van der Waals surface area contributed by atoms with Crippen LogP contribution in [0.25, 0.3) is 0 Å². The molecule has 1 aliphatic rings. The van der Waals surface area contributed by atoms with Gasteiger partial charge in [0.15, 0.2) is 0 Å². The molecule has 0 bridgehead atoms. The second-order valence-corrected chi connectivity index (χ2v) is 6.05. The summed E-state index contributed by atoms with van der Waals surface area (Å²) < 4.78 is 44.7. The van der Waals surface area contributed by atoms with E-state index in [1.54, 1.807) is 6.92 Å². The Morgan fingerprint density at radius 2 is 2.15 bits per heavy atom. The number of anilines is 1. The Bertz CT molecular complexity index is 885. The zero-order valence-electron chi connectivity index (χ0n) is 14.4. The minimum Gasteiger partial charge on any atom is -0.465 e. The molecule has 3 N–H and O–H groups in total. The maximum atomic E-state index is 14.5. The van der Waals surface area contributed by atoms with Crippen LogP contribution in [0.5, 0.6) is 0 Å². The number of aromatic nitrogens is 1. The zero-order valence-corrected chi connectivity index (χ0v) is 14.4. The fourth-order valence-corrected chi connectivity index (χ4v) is 2.73. The smallest absolute Gasteiger partial charge is 0.282 e. The molecule has 1 amide bonds. The zero-order chi connectivity index (χ0) is 19.6. The monoisotopic (exact) mass is 378 g/mol. The fourth-order valence-electron chi connectivity index (χ4n) is 2.73. The van der Waals surface area contributed by atoms with Gasteiger partial charge in [0.25, 0.3) is 18.4 Å². The SMILES string of the molecule is Cc1cc(NC(=O)c2ccc(C(F)F)cn2)cc([C@@H]2CCOC(N)=N2)c1F. The van der Waals surface area contributed by atoms with Crippen molar-refractivity contribution in [1.29, 1.82) is 0 Å². The fraction of sp³-hybridized carbons (Fsp3) is 0.278. The molecule has 0 saturated carbocycles. The number of pyridine rings is 1. The van der Waals surface area contributed by atoms with Crippen molar-refractivity contribution in [3.05, 3.63) is 58.7 Å². The third kappa shape index (κ3) is 4.18. The number of hydrogen-bond acceptors (Lipinski definition) is 5. The van der Waals surface area contributed by atoms with Crippen molar-refractivity contribution >= 4 is 17.6 Å². The van der Waals surface area contributed by atoms with Crippen molar-refractivity contribution in [3.8, 4) is 0 Å². The summed E-state index contributed by atoms with van der Waals surface area (Å²) in [6, 6.07) is 4.75. The summed E-state index contributed by atoms with van der Waals surface area (Å²) in [5.41, 5.74) is 6.20. The van der Waals surface area contributed by atoms with Gasteiger partial charge in [0.05, 0.1) is 12.6 Å². The summed E-state index contributed by atoms with van der Waals surface area (Å²) in [7, 11) is 0. The van der Waals surface area contributed by atoms with E-state index in [2.05, 4.69) is 15.3 Å². The Morgan fingerprint density at radius 1 is 1.37 bits per heavy atom. The van der Waals surface area contributed by atoms with Crippen molar-refractivity contribution in [2.75, 3.05) is 11.9 Å². The quantitative estimate of drug-likeness (QED) is 0.852. The van der Waals surface area contributed by atoms with Gasteiger partial charge in [0, 0.05) is 29.4 Å². The highest BCUT2D eigenvalue weighted by molar-refractivity contribution is 6.02. The number of benzene rings is 1. The first-order valence-electron chi connectivity index (χ1n) is 8.16. The Balaban J connectivity index is 1.84. The summed E-state index contributed by atoms with van der Waals surface area (Å²) in [5.74, 6) is -1.03. The number of carbonyl (C=O) groups is 1. The molecule has 1 aromatic heterocycles. The maximum absolute atomic E-state index is 14.5. The largest absolute Gasteiger partial charge is 0.465 e. The number of nitrogens with zero attached hydrogens (tertiary/aromatic N) is 2. The summed E-state index contributed by atoms with van der Waals surface area (Å²) in [4.78, 5) is 20.1. The number of aryl methyl sites for hydroxylation is 1. The molecule has 0 spiro atoms. The molecule has 0 aliphatic carbocycles. The Hall–Kier alpha value is -3.10. The van der Waals surface area contributed by atoms with Crippen LogP contribution in [0.3, 0.4) is 0 Å². The van der Waals surface area contributed by atoms with Crippen LogP contribution in [0.2, 0.25) is 0 Å². The first kappa shape index (κ1) is 18.7. The van der Waals surface area contributed by atoms with Gasteiger partial charge in [-0.25, -0.2) is 18.2 Å². The number of halogens is 3. The molecule has 2 aromatic rings. The molecule has 27 heavy (non-hydrogen) atoms. The predicted octanol–water partition coefficient (Wildman–Crippen LogP) is 3.50. The van der Waals surface area contributed by atoms with Crippen LogP contribution in [0, 0.1) is 12.7 Å². The standard InChI is InChI=1S/C18H17F3N4O2/c1-9-6-11(7-12(15(9)19)13-4-5-27-18(22)25-13)24-17(26)14-3-2-10(8-23-14)16(20)21/h2-3,6-8,13,16H,4-5H2,1H3,(H2,22,25)(H,24,26)/t13-/m0/s1. The van der Waals surface area contributed by atoms with Gasteiger partial charge in [0.1, 0.15) is 11.5 Å². The second kappa shape index (κ2) is 7.65. The minimum atomic E-state index is -2.66. The number of hydrogen-bond donors (Lipinski definition) is 2. The Morgan fingerprint density at radius 3 is 2.78 bits per heavy atom. The number of nitrogens with one attached hydrogen (secondary N) is 1. The van der Waals surface area contributed by atoms with Crippen molar-refractivity contribution in [2.24, 2.45) is 10.7 Å². The van der Waals surface area contributed by atoms with E-state index >= 15 is 0 Å². The average molecular weight is 378 g/mol.